The van der Waals surface area contributed by atoms with Gasteiger partial charge in [-0.15, -0.1) is 0 Å². The van der Waals surface area contributed by atoms with Gasteiger partial charge in [-0.25, -0.2) is 4.79 Å². The Labute approximate surface area is 226 Å². The Bertz CT molecular complexity index is 1070. The third-order valence-electron chi connectivity index (χ3n) is 11.8. The van der Waals surface area contributed by atoms with Gasteiger partial charge < -0.3 is 25.7 Å². The monoisotopic (exact) mass is 527 g/mol. The van der Waals surface area contributed by atoms with Gasteiger partial charge in [0.2, 0.25) is 5.91 Å². The number of carboxylic acids is 1. The van der Waals surface area contributed by atoms with Gasteiger partial charge in [0.05, 0.1) is 12.2 Å². The van der Waals surface area contributed by atoms with E-state index in [4.69, 9.17) is 0 Å². The van der Waals surface area contributed by atoms with Crippen LogP contribution in [0.3, 0.4) is 0 Å². The lowest BCUT2D eigenvalue weighted by molar-refractivity contribution is -0.174. The molecule has 7 heteroatoms. The van der Waals surface area contributed by atoms with Gasteiger partial charge in [0, 0.05) is 12.1 Å². The molecule has 1 aromatic carbocycles. The molecule has 0 spiro atoms. The molecule has 210 valence electrons. The van der Waals surface area contributed by atoms with E-state index in [1.165, 1.54) is 24.6 Å². The normalized spacial score (nSPS) is 40.9. The highest BCUT2D eigenvalue weighted by Crippen LogP contribution is 2.68. The number of aromatic hydroxyl groups is 1. The topological polar surface area (TPSA) is 127 Å². The number of phenols is 1. The second-order valence-electron chi connectivity index (χ2n) is 13.6. The van der Waals surface area contributed by atoms with Crippen LogP contribution < -0.4 is 5.32 Å². The summed E-state index contributed by atoms with van der Waals surface area (Å²) in [5, 5.41) is 43.4. The summed E-state index contributed by atoms with van der Waals surface area (Å²) < 4.78 is 0. The molecule has 5 N–H and O–H groups in total. The van der Waals surface area contributed by atoms with Crippen LogP contribution >= 0.6 is 0 Å². The maximum Gasteiger partial charge on any atom is 0.339 e. The van der Waals surface area contributed by atoms with E-state index in [2.05, 4.69) is 26.1 Å². The molecule has 0 aromatic heterocycles. The smallest absolute Gasteiger partial charge is 0.339 e. The molecule has 4 aliphatic rings. The first-order valence-corrected chi connectivity index (χ1v) is 14.7. The summed E-state index contributed by atoms with van der Waals surface area (Å²) in [5.41, 5.74) is 0.535. The number of carboxylic acid groups (broad SMARTS) is 1. The van der Waals surface area contributed by atoms with Crippen molar-refractivity contribution in [3.8, 4) is 5.75 Å². The van der Waals surface area contributed by atoms with Crippen LogP contribution in [0.25, 0.3) is 0 Å². The zero-order valence-electron chi connectivity index (χ0n) is 23.0. The number of aliphatic hydroxyl groups excluding tert-OH is 2. The fourth-order valence-corrected chi connectivity index (χ4v) is 9.74. The second-order valence-corrected chi connectivity index (χ2v) is 13.6. The summed E-state index contributed by atoms with van der Waals surface area (Å²) in [7, 11) is 0. The van der Waals surface area contributed by atoms with E-state index in [9.17, 15) is 30.0 Å². The minimum Gasteiger partial charge on any atom is -0.507 e. The highest BCUT2D eigenvalue weighted by Gasteiger charge is 2.62. The number of carbonyl (C=O) groups excluding carboxylic acids is 1. The SMILES string of the molecule is CC(CCC(=O)Nc1ccc(O)c(C(=O)O)c1)C1CCC2C3C(O)CC4CC(O)CCC4(C)C3CCC12C. The number of benzene rings is 1. The summed E-state index contributed by atoms with van der Waals surface area (Å²) in [6.45, 7) is 7.15. The lowest BCUT2D eigenvalue weighted by Crippen LogP contribution is -2.58. The Morgan fingerprint density at radius 1 is 1.03 bits per heavy atom. The van der Waals surface area contributed by atoms with Gasteiger partial charge in [0.15, 0.2) is 0 Å². The van der Waals surface area contributed by atoms with E-state index in [1.807, 2.05) is 0 Å². The van der Waals surface area contributed by atoms with Gasteiger partial charge in [-0.1, -0.05) is 20.8 Å². The molecular weight excluding hydrogens is 482 g/mol. The predicted molar refractivity (Wildman–Crippen MR) is 145 cm³/mol. The molecule has 10 unspecified atom stereocenters. The maximum atomic E-state index is 12.7. The molecule has 4 saturated carbocycles. The molecule has 1 aromatic rings. The van der Waals surface area contributed by atoms with Crippen LogP contribution in [-0.4, -0.2) is 44.5 Å². The molecule has 0 radical (unpaired) electrons. The summed E-state index contributed by atoms with van der Waals surface area (Å²) in [5.74, 6) is 0.969. The van der Waals surface area contributed by atoms with E-state index in [-0.39, 0.29) is 40.3 Å². The van der Waals surface area contributed by atoms with E-state index in [1.54, 1.807) is 0 Å². The standard InChI is InChI=1S/C31H45NO6/c1-17(4-9-27(36)32-19-5-8-25(34)21(16-19)29(37)38)22-6-7-23-28-24(11-13-31(22,23)3)30(2)12-10-20(33)14-18(30)15-26(28)35/h5,8,16-18,20,22-24,26,28,33-35H,4,6-7,9-15H2,1-3H3,(H,32,36)(H,37,38). The van der Waals surface area contributed by atoms with Gasteiger partial charge >= 0.3 is 5.97 Å². The molecule has 1 amide bonds. The molecule has 4 aliphatic carbocycles. The number of anilines is 1. The minimum absolute atomic E-state index is 0.150. The molecule has 0 bridgehead atoms. The van der Waals surface area contributed by atoms with E-state index < -0.39 is 5.97 Å². The number of rotatable bonds is 6. The van der Waals surface area contributed by atoms with Crippen LogP contribution in [-0.2, 0) is 4.79 Å². The summed E-state index contributed by atoms with van der Waals surface area (Å²) >= 11 is 0. The van der Waals surface area contributed by atoms with Crippen LogP contribution in [0.15, 0.2) is 18.2 Å². The Kier molecular flexibility index (Phi) is 7.31. The molecule has 7 nitrogen and oxygen atoms in total. The number of nitrogens with one attached hydrogen (secondary N) is 1. The average Bonchev–Trinajstić information content (AvgIpc) is 3.22. The lowest BCUT2D eigenvalue weighted by Gasteiger charge is -2.62. The average molecular weight is 528 g/mol. The van der Waals surface area contributed by atoms with Crippen LogP contribution in [0.4, 0.5) is 5.69 Å². The third kappa shape index (κ3) is 4.64. The zero-order chi connectivity index (χ0) is 27.4. The lowest BCUT2D eigenvalue weighted by atomic mass is 9.43. The highest BCUT2D eigenvalue weighted by atomic mass is 16.4. The number of hydrogen-bond donors (Lipinski definition) is 5. The first-order valence-electron chi connectivity index (χ1n) is 14.7. The summed E-state index contributed by atoms with van der Waals surface area (Å²) in [4.78, 5) is 24.0. The number of fused-ring (bicyclic) bond motifs is 5. The number of hydrogen-bond acceptors (Lipinski definition) is 5. The molecule has 0 heterocycles. The molecule has 4 fully saturated rings. The summed E-state index contributed by atoms with van der Waals surface area (Å²) in [6, 6.07) is 4.08. The van der Waals surface area contributed by atoms with Crippen molar-refractivity contribution < 1.29 is 30.0 Å². The third-order valence-corrected chi connectivity index (χ3v) is 11.8. The molecule has 38 heavy (non-hydrogen) atoms. The fourth-order valence-electron chi connectivity index (χ4n) is 9.74. The van der Waals surface area contributed by atoms with E-state index >= 15 is 0 Å². The van der Waals surface area contributed by atoms with Crippen LogP contribution in [0.1, 0.15) is 95.3 Å². The highest BCUT2D eigenvalue weighted by molar-refractivity contribution is 5.95. The second kappa shape index (κ2) is 10.1. The Hall–Kier alpha value is -2.12. The first-order chi connectivity index (χ1) is 17.9. The van der Waals surface area contributed by atoms with E-state index in [0.29, 0.717) is 47.6 Å². The van der Waals surface area contributed by atoms with Gasteiger partial charge in [0.1, 0.15) is 11.3 Å². The molecular formula is C31H45NO6. The van der Waals surface area contributed by atoms with Crippen molar-refractivity contribution in [2.45, 2.75) is 97.2 Å². The quantitative estimate of drug-likeness (QED) is 0.314. The van der Waals surface area contributed by atoms with Gasteiger partial charge in [-0.3, -0.25) is 4.79 Å². The zero-order valence-corrected chi connectivity index (χ0v) is 23.0. The van der Waals surface area contributed by atoms with Crippen molar-refractivity contribution in [1.82, 2.24) is 0 Å². The summed E-state index contributed by atoms with van der Waals surface area (Å²) in [6.07, 6.45) is 8.83. The van der Waals surface area contributed by atoms with Crippen molar-refractivity contribution in [1.29, 1.82) is 0 Å². The van der Waals surface area contributed by atoms with Gasteiger partial charge in [-0.2, -0.15) is 0 Å². The fraction of sp³-hybridized carbons (Fsp3) is 0.742. The molecule has 10 atom stereocenters. The van der Waals surface area contributed by atoms with Crippen LogP contribution in [0, 0.1) is 46.3 Å². The molecule has 5 rings (SSSR count). The van der Waals surface area contributed by atoms with Gasteiger partial charge in [0.25, 0.3) is 0 Å². The van der Waals surface area contributed by atoms with Crippen molar-refractivity contribution in [3.05, 3.63) is 23.8 Å². The van der Waals surface area contributed by atoms with E-state index in [0.717, 1.165) is 51.4 Å². The number of amides is 1. The Morgan fingerprint density at radius 2 is 1.74 bits per heavy atom. The van der Waals surface area contributed by atoms with Crippen molar-refractivity contribution in [2.75, 3.05) is 5.32 Å². The number of aliphatic hydroxyl groups is 2. The number of aromatic carboxylic acids is 1. The maximum absolute atomic E-state index is 12.7. The Balaban J connectivity index is 1.23. The molecule has 0 aliphatic heterocycles. The largest absolute Gasteiger partial charge is 0.507 e. The molecule has 0 saturated heterocycles. The van der Waals surface area contributed by atoms with Crippen molar-refractivity contribution >= 4 is 17.6 Å². The van der Waals surface area contributed by atoms with Crippen molar-refractivity contribution in [2.24, 2.45) is 46.3 Å². The first kappa shape index (κ1) is 27.4. The Morgan fingerprint density at radius 3 is 2.47 bits per heavy atom. The minimum atomic E-state index is -1.24. The van der Waals surface area contributed by atoms with Gasteiger partial charge in [-0.05, 0) is 122 Å². The van der Waals surface area contributed by atoms with Crippen LogP contribution in [0.2, 0.25) is 0 Å². The van der Waals surface area contributed by atoms with Crippen molar-refractivity contribution in [3.63, 3.8) is 0 Å². The van der Waals surface area contributed by atoms with Crippen LogP contribution in [0.5, 0.6) is 5.75 Å². The number of carbonyl (C=O) groups is 2. The predicted octanol–water partition coefficient (Wildman–Crippen LogP) is 5.44.